The lowest BCUT2D eigenvalue weighted by atomic mass is 9.94. The summed E-state index contributed by atoms with van der Waals surface area (Å²) in [6.07, 6.45) is 10.3. The minimum Gasteiger partial charge on any atom is -0.480 e. The van der Waals surface area contributed by atoms with Crippen LogP contribution in [0.1, 0.15) is 80.8 Å². The Labute approximate surface area is 299 Å². The van der Waals surface area contributed by atoms with Crippen molar-refractivity contribution in [3.8, 4) is 17.2 Å². The van der Waals surface area contributed by atoms with Crippen LogP contribution >= 0.6 is 0 Å². The number of nitriles is 1. The first-order chi connectivity index (χ1) is 24.6. The summed E-state index contributed by atoms with van der Waals surface area (Å²) in [7, 11) is 0. The van der Waals surface area contributed by atoms with Gasteiger partial charge in [0.1, 0.15) is 17.8 Å². The summed E-state index contributed by atoms with van der Waals surface area (Å²) in [5.74, 6) is -1.08. The van der Waals surface area contributed by atoms with Crippen molar-refractivity contribution in [1.29, 1.82) is 5.26 Å². The van der Waals surface area contributed by atoms with E-state index in [2.05, 4.69) is 43.3 Å². The number of amides is 1. The third-order valence-electron chi connectivity index (χ3n) is 10.1. The highest BCUT2D eigenvalue weighted by molar-refractivity contribution is 6.03. The minimum atomic E-state index is -0.756. The Morgan fingerprint density at radius 2 is 1.82 bits per heavy atom. The Morgan fingerprint density at radius 3 is 2.55 bits per heavy atom. The molecule has 3 N–H and O–H groups in total. The number of carbonyl (C=O) groups is 2. The molecule has 51 heavy (non-hydrogen) atoms. The molecule has 1 amide bonds. The number of piperidine rings is 1. The monoisotopic (exact) mass is 684 g/mol. The van der Waals surface area contributed by atoms with Crippen LogP contribution in [0.5, 0.6) is 0 Å². The summed E-state index contributed by atoms with van der Waals surface area (Å²) in [5.41, 5.74) is 9.47. The summed E-state index contributed by atoms with van der Waals surface area (Å²) < 4.78 is 0. The molecule has 0 saturated carbocycles. The number of rotatable bonds is 10. The Bertz CT molecular complexity index is 2000. The van der Waals surface area contributed by atoms with Gasteiger partial charge in [0.15, 0.2) is 0 Å². The Balaban J connectivity index is 1.18. The smallest absolute Gasteiger partial charge is 0.320 e. The summed E-state index contributed by atoms with van der Waals surface area (Å²) in [6.45, 7) is 9.55. The van der Waals surface area contributed by atoms with Crippen LogP contribution in [0.25, 0.3) is 23.3 Å². The van der Waals surface area contributed by atoms with Gasteiger partial charge in [-0.15, -0.1) is 0 Å². The van der Waals surface area contributed by atoms with E-state index in [0.717, 1.165) is 71.3 Å². The van der Waals surface area contributed by atoms with Crippen LogP contribution in [0.4, 0.5) is 5.69 Å². The Morgan fingerprint density at radius 1 is 0.980 bits per heavy atom. The molecule has 0 radical (unpaired) electrons. The molecular weight excluding hydrogens is 640 g/mol. The van der Waals surface area contributed by atoms with Crippen LogP contribution < -0.4 is 5.32 Å². The number of aryl methyl sites for hydroxylation is 2. The number of hydrogen-bond donors (Lipinski definition) is 3. The van der Waals surface area contributed by atoms with Crippen LogP contribution in [-0.4, -0.2) is 73.6 Å². The number of aliphatic hydroxyl groups is 1. The predicted molar refractivity (Wildman–Crippen MR) is 198 cm³/mol. The van der Waals surface area contributed by atoms with Gasteiger partial charge >= 0.3 is 5.97 Å². The van der Waals surface area contributed by atoms with E-state index in [4.69, 9.17) is 0 Å². The number of pyridine rings is 2. The molecule has 2 fully saturated rings. The van der Waals surface area contributed by atoms with Crippen LogP contribution in [0.15, 0.2) is 60.9 Å². The maximum absolute atomic E-state index is 13.2. The molecule has 0 unspecified atom stereocenters. The topological polar surface area (TPSA) is 143 Å². The van der Waals surface area contributed by atoms with Crippen molar-refractivity contribution in [3.05, 3.63) is 111 Å². The number of hydrogen-bond acceptors (Lipinski definition) is 8. The fourth-order valence-corrected chi connectivity index (χ4v) is 7.16. The van der Waals surface area contributed by atoms with E-state index in [-0.39, 0.29) is 12.0 Å². The number of carboxylic acid groups (broad SMARTS) is 1. The van der Waals surface area contributed by atoms with Crippen LogP contribution in [0.3, 0.4) is 0 Å². The van der Waals surface area contributed by atoms with E-state index in [1.54, 1.807) is 18.5 Å². The van der Waals surface area contributed by atoms with E-state index in [0.29, 0.717) is 54.3 Å². The SMILES string of the molecule is Cc1cc(CN2CCCC[C@H]2C(=O)O)c(C)cc1/C=C/c1nccc(-c2cccc(NC(=O)c3ccc(CN4CC[C@@H](O)C4)cn3)c2C)c1C#N. The molecule has 262 valence electrons. The molecule has 2 atom stereocenters. The van der Waals surface area contributed by atoms with Crippen LogP contribution in [0, 0.1) is 32.1 Å². The van der Waals surface area contributed by atoms with Crippen molar-refractivity contribution >= 4 is 29.7 Å². The number of aromatic nitrogens is 2. The van der Waals surface area contributed by atoms with Gasteiger partial charge in [-0.1, -0.05) is 42.8 Å². The molecule has 10 heteroatoms. The molecular formula is C41H44N6O4. The first-order valence-electron chi connectivity index (χ1n) is 17.5. The number of nitrogens with one attached hydrogen (secondary N) is 1. The van der Waals surface area contributed by atoms with Crippen molar-refractivity contribution in [2.75, 3.05) is 25.0 Å². The molecule has 4 heterocycles. The summed E-state index contributed by atoms with van der Waals surface area (Å²) >= 11 is 0. The number of likely N-dealkylation sites (tertiary alicyclic amines) is 2. The average Bonchev–Trinajstić information content (AvgIpc) is 3.54. The number of aliphatic hydroxyl groups excluding tert-OH is 1. The standard InChI is InChI=1S/C41H44N6O4/c1-26-20-31(24-47-17-5-4-9-39(47)41(50)51)27(2)19-30(26)11-13-37-35(21-42)34(14-16-43-37)33-7-6-8-36(28(33)3)45-40(49)38-12-10-29(22-44-38)23-46-18-15-32(48)25-46/h6-8,10-14,16,19-20,22,32,39,48H,4-5,9,15,17-18,23-25H2,1-3H3,(H,45,49)(H,50,51)/b13-11+/t32-,39+/m1/s1. The second-order valence-corrected chi connectivity index (χ2v) is 13.7. The third kappa shape index (κ3) is 8.24. The molecule has 2 saturated heterocycles. The van der Waals surface area contributed by atoms with Crippen molar-refractivity contribution < 1.29 is 19.8 Å². The molecule has 0 bridgehead atoms. The number of carbonyl (C=O) groups excluding carboxylic acids is 1. The number of anilines is 1. The van der Waals surface area contributed by atoms with Crippen molar-refractivity contribution in [3.63, 3.8) is 0 Å². The molecule has 2 aromatic carbocycles. The zero-order chi connectivity index (χ0) is 36.1. The van der Waals surface area contributed by atoms with Gasteiger partial charge in [-0.2, -0.15) is 5.26 Å². The summed E-state index contributed by atoms with van der Waals surface area (Å²) in [6, 6.07) is 17.2. The highest BCUT2D eigenvalue weighted by Gasteiger charge is 2.28. The fraction of sp³-hybridized carbons (Fsp3) is 0.341. The molecule has 2 aromatic heterocycles. The Kier molecular flexibility index (Phi) is 11.0. The number of aliphatic carboxylic acids is 1. The number of carboxylic acids is 1. The third-order valence-corrected chi connectivity index (χ3v) is 10.1. The van der Waals surface area contributed by atoms with Gasteiger partial charge in [-0.05, 0) is 110 Å². The molecule has 4 aromatic rings. The average molecular weight is 685 g/mol. The van der Waals surface area contributed by atoms with E-state index in [9.17, 15) is 25.1 Å². The van der Waals surface area contributed by atoms with Gasteiger partial charge in [0.05, 0.1) is 17.4 Å². The lowest BCUT2D eigenvalue weighted by molar-refractivity contribution is -0.144. The second kappa shape index (κ2) is 15.8. The van der Waals surface area contributed by atoms with Gasteiger partial charge in [0.2, 0.25) is 0 Å². The number of β-amino-alcohol motifs (C(OH)–C–C–N with tert-alkyl or cyclic N) is 1. The first kappa shape index (κ1) is 35.6. The van der Waals surface area contributed by atoms with E-state index < -0.39 is 12.0 Å². The zero-order valence-corrected chi connectivity index (χ0v) is 29.4. The fourth-order valence-electron chi connectivity index (χ4n) is 7.16. The normalized spacial score (nSPS) is 18.2. The molecule has 0 spiro atoms. The number of benzene rings is 2. The largest absolute Gasteiger partial charge is 0.480 e. The van der Waals surface area contributed by atoms with Gasteiger partial charge < -0.3 is 15.5 Å². The maximum Gasteiger partial charge on any atom is 0.320 e. The lowest BCUT2D eigenvalue weighted by Gasteiger charge is -2.33. The van der Waals surface area contributed by atoms with Gasteiger partial charge in [-0.3, -0.25) is 29.4 Å². The van der Waals surface area contributed by atoms with E-state index in [1.807, 2.05) is 63.3 Å². The second-order valence-electron chi connectivity index (χ2n) is 13.7. The number of nitrogens with zero attached hydrogens (tertiary/aromatic N) is 5. The van der Waals surface area contributed by atoms with Crippen molar-refractivity contribution in [2.45, 2.75) is 71.7 Å². The van der Waals surface area contributed by atoms with E-state index >= 15 is 0 Å². The maximum atomic E-state index is 13.2. The van der Waals surface area contributed by atoms with Crippen molar-refractivity contribution in [1.82, 2.24) is 19.8 Å². The highest BCUT2D eigenvalue weighted by Crippen LogP contribution is 2.33. The molecule has 6 rings (SSSR count). The Hall–Kier alpha value is -5.21. The zero-order valence-electron chi connectivity index (χ0n) is 29.4. The van der Waals surface area contributed by atoms with Crippen LogP contribution in [-0.2, 0) is 17.9 Å². The first-order valence-corrected chi connectivity index (χ1v) is 17.5. The molecule has 2 aliphatic heterocycles. The predicted octanol–water partition coefficient (Wildman–Crippen LogP) is 6.37. The summed E-state index contributed by atoms with van der Waals surface area (Å²) in [4.78, 5) is 38.2. The molecule has 10 nitrogen and oxygen atoms in total. The molecule has 0 aliphatic carbocycles. The highest BCUT2D eigenvalue weighted by atomic mass is 16.4. The minimum absolute atomic E-state index is 0.286. The van der Waals surface area contributed by atoms with Gasteiger partial charge in [0, 0.05) is 49.8 Å². The lowest BCUT2D eigenvalue weighted by Crippen LogP contribution is -2.44. The molecule has 2 aliphatic rings. The van der Waals surface area contributed by atoms with Crippen molar-refractivity contribution in [2.24, 2.45) is 0 Å². The van der Waals surface area contributed by atoms with Gasteiger partial charge in [-0.25, -0.2) is 0 Å². The van der Waals surface area contributed by atoms with E-state index in [1.165, 1.54) is 0 Å². The van der Waals surface area contributed by atoms with Crippen LogP contribution in [0.2, 0.25) is 0 Å². The summed E-state index contributed by atoms with van der Waals surface area (Å²) in [5, 5.41) is 32.8. The van der Waals surface area contributed by atoms with Gasteiger partial charge in [0.25, 0.3) is 5.91 Å². The quantitative estimate of drug-likeness (QED) is 0.174.